The van der Waals surface area contributed by atoms with E-state index >= 15 is 4.39 Å². The molecule has 0 aliphatic carbocycles. The van der Waals surface area contributed by atoms with Gasteiger partial charge in [-0.3, -0.25) is 14.6 Å². The van der Waals surface area contributed by atoms with Gasteiger partial charge in [0.2, 0.25) is 11.9 Å². The molecule has 61 heavy (non-hydrogen) atoms. The highest BCUT2D eigenvalue weighted by Crippen LogP contribution is 2.36. The highest BCUT2D eigenvalue weighted by atomic mass is 35.5. The number of benzene rings is 3. The van der Waals surface area contributed by atoms with E-state index in [9.17, 15) is 9.59 Å². The van der Waals surface area contributed by atoms with E-state index in [1.165, 1.54) is 20.3 Å². The summed E-state index contributed by atoms with van der Waals surface area (Å²) >= 11 is 6.45. The molecule has 0 unspecified atom stereocenters. The molecule has 0 saturated heterocycles. The number of unbranched alkanes of at least 4 members (excludes halogenated alkanes) is 1. The van der Waals surface area contributed by atoms with Crippen molar-refractivity contribution >= 4 is 40.8 Å². The van der Waals surface area contributed by atoms with Gasteiger partial charge in [0, 0.05) is 59.2 Å². The molecule has 1 aliphatic rings. The van der Waals surface area contributed by atoms with E-state index in [0.717, 1.165) is 50.5 Å². The van der Waals surface area contributed by atoms with Gasteiger partial charge in [0.1, 0.15) is 17.3 Å². The van der Waals surface area contributed by atoms with Crippen molar-refractivity contribution in [2.45, 2.75) is 64.8 Å². The molecule has 2 heterocycles. The van der Waals surface area contributed by atoms with Gasteiger partial charge in [0.15, 0.2) is 0 Å². The van der Waals surface area contributed by atoms with Crippen LogP contribution in [0.4, 0.5) is 16.0 Å². The van der Waals surface area contributed by atoms with Crippen molar-refractivity contribution in [3.8, 4) is 22.8 Å². The van der Waals surface area contributed by atoms with E-state index in [4.69, 9.17) is 31.1 Å². The Morgan fingerprint density at radius 2 is 1.49 bits per heavy atom. The first-order chi connectivity index (χ1) is 29.8. The maximum absolute atomic E-state index is 15.3. The average molecular weight is 845 g/mol. The van der Waals surface area contributed by atoms with Crippen molar-refractivity contribution in [3.05, 3.63) is 155 Å². The number of methoxy groups -OCH3 is 2. The van der Waals surface area contributed by atoms with Crippen LogP contribution in [0.3, 0.4) is 0 Å². The number of ether oxygens (including phenoxy) is 2. The van der Waals surface area contributed by atoms with Crippen LogP contribution in [0.25, 0.3) is 11.3 Å². The molecule has 318 valence electrons. The summed E-state index contributed by atoms with van der Waals surface area (Å²) in [6.07, 6.45) is 30.2. The van der Waals surface area contributed by atoms with Crippen LogP contribution >= 0.6 is 11.6 Å². The molecule has 1 aliphatic heterocycles. The third-order valence-corrected chi connectivity index (χ3v) is 9.80. The lowest BCUT2D eigenvalue weighted by atomic mass is 9.94. The molecule has 0 bridgehead atoms. The number of carbonyl (C=O) groups is 2. The summed E-state index contributed by atoms with van der Waals surface area (Å²) in [7, 11) is 2.97. The molecule has 1 aromatic heterocycles. The van der Waals surface area contributed by atoms with E-state index in [-0.39, 0.29) is 30.5 Å². The minimum Gasteiger partial charge on any atom is -0.496 e. The summed E-state index contributed by atoms with van der Waals surface area (Å²) in [6.45, 7) is 2.90. The number of aromatic nitrogens is 2. The van der Waals surface area contributed by atoms with E-state index in [1.807, 2.05) is 6.07 Å². The average Bonchev–Trinajstić information content (AvgIpc) is 3.42. The van der Waals surface area contributed by atoms with Crippen molar-refractivity contribution in [2.75, 3.05) is 32.6 Å². The Labute approximate surface area is 363 Å². The lowest BCUT2D eigenvalue weighted by Gasteiger charge is -2.15. The monoisotopic (exact) mass is 844 g/mol. The van der Waals surface area contributed by atoms with Crippen LogP contribution in [0.2, 0.25) is 5.02 Å². The second-order valence-corrected chi connectivity index (χ2v) is 14.4. The van der Waals surface area contributed by atoms with Gasteiger partial charge in [-0.2, -0.15) is 0 Å². The van der Waals surface area contributed by atoms with Crippen molar-refractivity contribution in [2.24, 2.45) is 4.99 Å². The van der Waals surface area contributed by atoms with Crippen molar-refractivity contribution in [1.82, 2.24) is 20.6 Å². The number of nitrogens with zero attached hydrogens (tertiary/aromatic N) is 3. The molecule has 0 radical (unpaired) electrons. The first kappa shape index (κ1) is 45.7. The Hall–Kier alpha value is -6.33. The summed E-state index contributed by atoms with van der Waals surface area (Å²) in [5, 5.41) is 9.38. The molecule has 0 fully saturated rings. The van der Waals surface area contributed by atoms with Gasteiger partial charge in [0.25, 0.3) is 5.91 Å². The molecule has 3 N–H and O–H groups in total. The Morgan fingerprint density at radius 3 is 2.20 bits per heavy atom. The fraction of sp³-hybridized carbons (Fsp3) is 0.286. The highest BCUT2D eigenvalue weighted by Gasteiger charge is 2.25. The molecule has 10 nitrogen and oxygen atoms in total. The van der Waals surface area contributed by atoms with E-state index in [0.29, 0.717) is 69.2 Å². The summed E-state index contributed by atoms with van der Waals surface area (Å²) in [5.74, 6) is 0.115. The molecule has 0 saturated carbocycles. The van der Waals surface area contributed by atoms with Gasteiger partial charge in [-0.1, -0.05) is 91.4 Å². The third kappa shape index (κ3) is 13.9. The second kappa shape index (κ2) is 24.7. The molecule has 0 spiro atoms. The van der Waals surface area contributed by atoms with E-state index in [2.05, 4.69) is 88.6 Å². The third-order valence-electron chi connectivity index (χ3n) is 9.56. The Morgan fingerprint density at radius 1 is 0.803 bits per heavy atom. The van der Waals surface area contributed by atoms with Crippen molar-refractivity contribution in [1.29, 1.82) is 0 Å². The molecule has 12 heteroatoms. The van der Waals surface area contributed by atoms with Crippen LogP contribution in [0.1, 0.15) is 85.3 Å². The number of nitrogens with one attached hydrogen (secondary N) is 3. The topological polar surface area (TPSA) is 127 Å². The normalized spacial score (nSPS) is 12.5. The number of halogens is 2. The number of carbonyl (C=O) groups excluding carboxylic acids is 2. The Bertz CT molecular complexity index is 2300. The lowest BCUT2D eigenvalue weighted by Crippen LogP contribution is -2.34. The van der Waals surface area contributed by atoms with Gasteiger partial charge < -0.3 is 25.4 Å². The highest BCUT2D eigenvalue weighted by molar-refractivity contribution is 6.31. The zero-order valence-corrected chi connectivity index (χ0v) is 35.8. The minimum absolute atomic E-state index is 0.0554. The second-order valence-electron chi connectivity index (χ2n) is 14.0. The fourth-order valence-corrected chi connectivity index (χ4v) is 6.67. The largest absolute Gasteiger partial charge is 0.496 e. The van der Waals surface area contributed by atoms with Gasteiger partial charge in [-0.25, -0.2) is 14.4 Å². The van der Waals surface area contributed by atoms with E-state index in [1.54, 1.807) is 48.7 Å². The molecule has 4 aromatic rings. The SMILES string of the molecule is CC/C=C\C/C=C\C/C=C\C/C=C\C/C=C\CCCC(=O)NCCNC(=O)c1ccc(Nc2ncc3c(n2)-c2ccc(Cl)cc2C(c2c(F)cccc2OC)=NC3)cc1OC. The quantitative estimate of drug-likeness (QED) is 0.0531. The first-order valence-corrected chi connectivity index (χ1v) is 21.0. The van der Waals surface area contributed by atoms with Gasteiger partial charge in [-0.15, -0.1) is 0 Å². The molecule has 0 atom stereocenters. The van der Waals surface area contributed by atoms with Crippen LogP contribution < -0.4 is 25.4 Å². The Kier molecular flexibility index (Phi) is 18.5. The zero-order valence-electron chi connectivity index (χ0n) is 35.1. The van der Waals surface area contributed by atoms with Crippen LogP contribution in [0, 0.1) is 5.82 Å². The predicted octanol–water partition coefficient (Wildman–Crippen LogP) is 10.8. The smallest absolute Gasteiger partial charge is 0.255 e. The maximum atomic E-state index is 15.3. The van der Waals surface area contributed by atoms with Gasteiger partial charge in [-0.05, 0) is 81.3 Å². The number of amides is 2. The van der Waals surface area contributed by atoms with Crippen LogP contribution in [0.5, 0.6) is 11.5 Å². The number of hydrogen-bond acceptors (Lipinski definition) is 8. The number of aliphatic imine (C=N–C) groups is 1. The lowest BCUT2D eigenvalue weighted by molar-refractivity contribution is -0.121. The van der Waals surface area contributed by atoms with E-state index < -0.39 is 5.82 Å². The zero-order chi connectivity index (χ0) is 43.2. The molecule has 2 amide bonds. The van der Waals surface area contributed by atoms with Crippen LogP contribution in [-0.2, 0) is 11.3 Å². The number of hydrogen-bond donors (Lipinski definition) is 3. The molecule has 5 rings (SSSR count). The molecular formula is C49H54ClFN6O4. The summed E-state index contributed by atoms with van der Waals surface area (Å²) < 4.78 is 26.3. The number of allylic oxidation sites excluding steroid dienone is 10. The molecular weight excluding hydrogens is 791 g/mol. The fourth-order valence-electron chi connectivity index (χ4n) is 6.50. The predicted molar refractivity (Wildman–Crippen MR) is 245 cm³/mol. The summed E-state index contributed by atoms with van der Waals surface area (Å²) in [4.78, 5) is 39.6. The summed E-state index contributed by atoms with van der Waals surface area (Å²) in [5.41, 5.74) is 4.20. The maximum Gasteiger partial charge on any atom is 0.255 e. The number of rotatable bonds is 22. The number of fused-ring (bicyclic) bond motifs is 3. The van der Waals surface area contributed by atoms with Crippen molar-refractivity contribution < 1.29 is 23.5 Å². The van der Waals surface area contributed by atoms with Crippen molar-refractivity contribution in [3.63, 3.8) is 0 Å². The minimum atomic E-state index is -0.472. The van der Waals surface area contributed by atoms with Crippen LogP contribution in [-0.4, -0.2) is 54.8 Å². The Balaban J connectivity index is 1.06. The summed E-state index contributed by atoms with van der Waals surface area (Å²) in [6, 6.07) is 15.0. The van der Waals surface area contributed by atoms with Crippen LogP contribution in [0.15, 0.2) is 127 Å². The first-order valence-electron chi connectivity index (χ1n) is 20.6. The molecule has 3 aromatic carbocycles. The standard InChI is InChI=1S/C49H54ClFN6O4/c1-4-5-6-7-8-9-10-11-12-13-14-15-16-17-18-19-20-24-44(58)52-29-30-53-48(59)39-28-26-37(32-43(39)61-3)56-49-55-34-35-33-54-47(45-41(51)22-21-23-42(45)60-2)40-31-36(50)25-27-38(40)46(35)57-49/h5-6,8-9,11-12,14-15,17-18,21-23,25-28,31-32,34H,4,7,10,13,16,19-20,24,29-30,33H2,1-3H3,(H,52,58)(H,53,59)(H,55,56,57)/b6-5-,9-8-,12-11-,15-14-,18-17-. The van der Waals surface area contributed by atoms with Gasteiger partial charge in [0.05, 0.1) is 43.3 Å². The van der Waals surface area contributed by atoms with Gasteiger partial charge >= 0.3 is 0 Å². The number of anilines is 2.